The quantitative estimate of drug-likeness (QED) is 0.446. The van der Waals surface area contributed by atoms with Crippen LogP contribution in [0.4, 0.5) is 0 Å². The van der Waals surface area contributed by atoms with Crippen LogP contribution in [0.25, 0.3) is 0 Å². The zero-order chi connectivity index (χ0) is 11.1. The topological polar surface area (TPSA) is 0 Å². The molecule has 0 heteroatoms. The molecule has 3 unspecified atom stereocenters. The van der Waals surface area contributed by atoms with Crippen molar-refractivity contribution in [3.05, 3.63) is 0 Å². The molecule has 0 saturated heterocycles. The number of hydrogen-bond acceptors (Lipinski definition) is 0. The van der Waals surface area contributed by atoms with Gasteiger partial charge < -0.3 is 0 Å². The summed E-state index contributed by atoms with van der Waals surface area (Å²) in [4.78, 5) is 0. The Bertz CT molecular complexity index is 150. The Hall–Kier alpha value is 0. The van der Waals surface area contributed by atoms with Gasteiger partial charge in [-0.05, 0) is 24.2 Å². The molecule has 0 nitrogen and oxygen atoms in total. The van der Waals surface area contributed by atoms with Gasteiger partial charge >= 0.3 is 0 Å². The van der Waals surface area contributed by atoms with E-state index >= 15 is 0 Å². The van der Waals surface area contributed by atoms with Gasteiger partial charge in [0.25, 0.3) is 0 Å². The summed E-state index contributed by atoms with van der Waals surface area (Å²) in [5.74, 6) is 3.21. The molecule has 0 amide bonds. The van der Waals surface area contributed by atoms with E-state index in [4.69, 9.17) is 0 Å². The molecule has 1 aliphatic rings. The Labute approximate surface area is 96.8 Å². The third-order valence-electron chi connectivity index (χ3n) is 4.25. The molecule has 15 heavy (non-hydrogen) atoms. The fourth-order valence-electron chi connectivity index (χ4n) is 2.90. The summed E-state index contributed by atoms with van der Waals surface area (Å²) in [6, 6.07) is 0. The van der Waals surface area contributed by atoms with Crippen molar-refractivity contribution in [1.82, 2.24) is 0 Å². The highest BCUT2D eigenvalue weighted by molar-refractivity contribution is 4.88. The molecule has 0 heterocycles. The van der Waals surface area contributed by atoms with Crippen molar-refractivity contribution in [3.63, 3.8) is 0 Å². The first-order chi connectivity index (χ1) is 7.29. The van der Waals surface area contributed by atoms with Gasteiger partial charge in [0.2, 0.25) is 0 Å². The van der Waals surface area contributed by atoms with E-state index in [2.05, 4.69) is 20.8 Å². The van der Waals surface area contributed by atoms with E-state index in [1.807, 2.05) is 0 Å². The standard InChI is InChI=1S/C15H30/c1-4-6-7-8-9-10-11-13(3)15-12-14(15)5-2/h13-15H,4-12H2,1-3H3. The summed E-state index contributed by atoms with van der Waals surface area (Å²) in [6.07, 6.45) is 13.2. The normalized spacial score (nSPS) is 26.6. The van der Waals surface area contributed by atoms with E-state index in [1.54, 1.807) is 0 Å². The third-order valence-corrected chi connectivity index (χ3v) is 4.25. The smallest absolute Gasteiger partial charge is 0.0357 e. The van der Waals surface area contributed by atoms with Crippen LogP contribution in [0.2, 0.25) is 0 Å². The second-order valence-electron chi connectivity index (χ2n) is 5.60. The summed E-state index contributed by atoms with van der Waals surface area (Å²) < 4.78 is 0. The number of hydrogen-bond donors (Lipinski definition) is 0. The maximum absolute atomic E-state index is 2.48. The largest absolute Gasteiger partial charge is 0.0654 e. The predicted molar refractivity (Wildman–Crippen MR) is 69.0 cm³/mol. The van der Waals surface area contributed by atoms with Crippen molar-refractivity contribution in [2.24, 2.45) is 17.8 Å². The highest BCUT2D eigenvalue weighted by atomic mass is 14.4. The summed E-state index contributed by atoms with van der Waals surface area (Å²) in [5, 5.41) is 0. The molecule has 1 saturated carbocycles. The molecule has 0 aromatic carbocycles. The van der Waals surface area contributed by atoms with Gasteiger partial charge in [-0.15, -0.1) is 0 Å². The Morgan fingerprint density at radius 2 is 1.67 bits per heavy atom. The molecule has 0 N–H and O–H groups in total. The summed E-state index contributed by atoms with van der Waals surface area (Å²) in [5.41, 5.74) is 0. The first-order valence-corrected chi connectivity index (χ1v) is 7.29. The molecule has 0 aromatic rings. The van der Waals surface area contributed by atoms with Crippen LogP contribution in [0.3, 0.4) is 0 Å². The lowest BCUT2D eigenvalue weighted by atomic mass is 9.96. The van der Waals surface area contributed by atoms with Crippen molar-refractivity contribution in [1.29, 1.82) is 0 Å². The van der Waals surface area contributed by atoms with E-state index in [0.29, 0.717) is 0 Å². The average molecular weight is 210 g/mol. The maximum Gasteiger partial charge on any atom is -0.0357 e. The van der Waals surface area contributed by atoms with Crippen LogP contribution in [-0.2, 0) is 0 Å². The van der Waals surface area contributed by atoms with Crippen LogP contribution in [0, 0.1) is 17.8 Å². The van der Waals surface area contributed by atoms with E-state index in [1.165, 1.54) is 57.8 Å². The average Bonchev–Trinajstić information content (AvgIpc) is 3.02. The predicted octanol–water partition coefficient (Wildman–Crippen LogP) is 5.42. The van der Waals surface area contributed by atoms with Crippen LogP contribution in [0.15, 0.2) is 0 Å². The van der Waals surface area contributed by atoms with Gasteiger partial charge in [0.1, 0.15) is 0 Å². The highest BCUT2D eigenvalue weighted by Gasteiger charge is 2.38. The molecule has 1 fully saturated rings. The van der Waals surface area contributed by atoms with Crippen LogP contribution in [0.5, 0.6) is 0 Å². The van der Waals surface area contributed by atoms with Gasteiger partial charge in [-0.2, -0.15) is 0 Å². The fourth-order valence-corrected chi connectivity index (χ4v) is 2.90. The minimum atomic E-state index is 1.01. The Morgan fingerprint density at radius 3 is 2.27 bits per heavy atom. The molecule has 0 radical (unpaired) electrons. The maximum atomic E-state index is 2.48. The Kier molecular flexibility index (Phi) is 6.36. The van der Waals surface area contributed by atoms with Gasteiger partial charge in [0.15, 0.2) is 0 Å². The van der Waals surface area contributed by atoms with Crippen molar-refractivity contribution in [2.75, 3.05) is 0 Å². The molecule has 90 valence electrons. The summed E-state index contributed by atoms with van der Waals surface area (Å²) in [6.45, 7) is 7.12. The van der Waals surface area contributed by atoms with Crippen molar-refractivity contribution >= 4 is 0 Å². The third kappa shape index (κ3) is 5.04. The van der Waals surface area contributed by atoms with Crippen LogP contribution in [0.1, 0.15) is 78.6 Å². The monoisotopic (exact) mass is 210 g/mol. The van der Waals surface area contributed by atoms with E-state index < -0.39 is 0 Å². The van der Waals surface area contributed by atoms with Crippen molar-refractivity contribution in [3.8, 4) is 0 Å². The fraction of sp³-hybridized carbons (Fsp3) is 1.00. The second-order valence-corrected chi connectivity index (χ2v) is 5.60. The SMILES string of the molecule is CCCCCCCCC(C)C1CC1CC. The van der Waals surface area contributed by atoms with Crippen LogP contribution in [-0.4, -0.2) is 0 Å². The van der Waals surface area contributed by atoms with Crippen molar-refractivity contribution < 1.29 is 0 Å². The van der Waals surface area contributed by atoms with E-state index in [0.717, 1.165) is 17.8 Å². The molecule has 1 rings (SSSR count). The molecule has 3 atom stereocenters. The highest BCUT2D eigenvalue weighted by Crippen LogP contribution is 2.47. The van der Waals surface area contributed by atoms with E-state index in [-0.39, 0.29) is 0 Å². The van der Waals surface area contributed by atoms with Gasteiger partial charge in [-0.1, -0.05) is 72.1 Å². The lowest BCUT2D eigenvalue weighted by molar-refractivity contribution is 0.414. The lowest BCUT2D eigenvalue weighted by Crippen LogP contribution is -1.99. The van der Waals surface area contributed by atoms with Crippen LogP contribution < -0.4 is 0 Å². The minimum absolute atomic E-state index is 1.01. The molecule has 0 aromatic heterocycles. The first kappa shape index (κ1) is 13.1. The molecule has 0 aliphatic heterocycles. The molecule has 1 aliphatic carbocycles. The van der Waals surface area contributed by atoms with Gasteiger partial charge in [-0.25, -0.2) is 0 Å². The van der Waals surface area contributed by atoms with Crippen LogP contribution >= 0.6 is 0 Å². The number of rotatable bonds is 9. The molecular formula is C15H30. The minimum Gasteiger partial charge on any atom is -0.0654 e. The molecular weight excluding hydrogens is 180 g/mol. The lowest BCUT2D eigenvalue weighted by Gasteiger charge is -2.10. The van der Waals surface area contributed by atoms with Crippen molar-refractivity contribution in [2.45, 2.75) is 78.6 Å². The van der Waals surface area contributed by atoms with Gasteiger partial charge in [0, 0.05) is 0 Å². The first-order valence-electron chi connectivity index (χ1n) is 7.29. The number of unbranched alkanes of at least 4 members (excludes halogenated alkanes) is 5. The Balaban J connectivity index is 1.87. The molecule has 0 bridgehead atoms. The summed E-state index contributed by atoms with van der Waals surface area (Å²) in [7, 11) is 0. The summed E-state index contributed by atoms with van der Waals surface area (Å²) >= 11 is 0. The Morgan fingerprint density at radius 1 is 1.00 bits per heavy atom. The second kappa shape index (κ2) is 7.30. The zero-order valence-corrected chi connectivity index (χ0v) is 11.1. The van der Waals surface area contributed by atoms with E-state index in [9.17, 15) is 0 Å². The van der Waals surface area contributed by atoms with Gasteiger partial charge in [0.05, 0.1) is 0 Å². The van der Waals surface area contributed by atoms with Gasteiger partial charge in [-0.3, -0.25) is 0 Å². The zero-order valence-electron chi connectivity index (χ0n) is 11.1. The molecule has 0 spiro atoms.